The second-order valence-electron chi connectivity index (χ2n) is 4.97. The zero-order valence-corrected chi connectivity index (χ0v) is 12.4. The Balaban J connectivity index is 2.28. The molecule has 106 valence electrons. The SMILES string of the molecule is CNCc1cc(Cl)ccc1-c1ccc(F)c2ccccc12. The molecule has 3 aromatic carbocycles. The fraction of sp³-hybridized carbons (Fsp3) is 0.111. The number of fused-ring (bicyclic) bond motifs is 1. The first-order chi connectivity index (χ1) is 10.2. The first-order valence-electron chi connectivity index (χ1n) is 6.81. The molecule has 1 nitrogen and oxygen atoms in total. The van der Waals surface area contributed by atoms with E-state index in [2.05, 4.69) is 5.32 Å². The molecule has 1 N–H and O–H groups in total. The van der Waals surface area contributed by atoms with Crippen molar-refractivity contribution < 1.29 is 4.39 Å². The summed E-state index contributed by atoms with van der Waals surface area (Å²) in [7, 11) is 1.90. The summed E-state index contributed by atoms with van der Waals surface area (Å²) in [6, 6.07) is 16.7. The summed E-state index contributed by atoms with van der Waals surface area (Å²) >= 11 is 6.10. The molecule has 0 saturated carbocycles. The fourth-order valence-corrected chi connectivity index (χ4v) is 2.85. The van der Waals surface area contributed by atoms with Gasteiger partial charge in [0.15, 0.2) is 0 Å². The Labute approximate surface area is 128 Å². The molecule has 0 amide bonds. The molecule has 0 unspecified atom stereocenters. The van der Waals surface area contributed by atoms with Crippen LogP contribution >= 0.6 is 11.6 Å². The summed E-state index contributed by atoms with van der Waals surface area (Å²) in [4.78, 5) is 0. The third-order valence-electron chi connectivity index (χ3n) is 3.60. The van der Waals surface area contributed by atoms with E-state index in [0.717, 1.165) is 22.1 Å². The van der Waals surface area contributed by atoms with Crippen molar-refractivity contribution in [3.05, 3.63) is 71.0 Å². The van der Waals surface area contributed by atoms with Crippen LogP contribution in [0.5, 0.6) is 0 Å². The Kier molecular flexibility index (Phi) is 3.91. The molecule has 0 aliphatic carbocycles. The van der Waals surface area contributed by atoms with Crippen molar-refractivity contribution in [2.75, 3.05) is 7.05 Å². The van der Waals surface area contributed by atoms with Gasteiger partial charge < -0.3 is 5.32 Å². The quantitative estimate of drug-likeness (QED) is 0.716. The normalized spacial score (nSPS) is 11.0. The highest BCUT2D eigenvalue weighted by Crippen LogP contribution is 2.33. The highest BCUT2D eigenvalue weighted by atomic mass is 35.5. The predicted octanol–water partition coefficient (Wildman–Crippen LogP) is 5.02. The molecule has 0 aliphatic rings. The van der Waals surface area contributed by atoms with Crippen LogP contribution in [0.25, 0.3) is 21.9 Å². The molecule has 0 aromatic heterocycles. The summed E-state index contributed by atoms with van der Waals surface area (Å²) in [6.45, 7) is 0.710. The van der Waals surface area contributed by atoms with Crippen molar-refractivity contribution in [1.29, 1.82) is 0 Å². The van der Waals surface area contributed by atoms with Crippen LogP contribution in [-0.2, 0) is 6.54 Å². The maximum atomic E-state index is 14.0. The summed E-state index contributed by atoms with van der Waals surface area (Å²) in [5.74, 6) is -0.196. The molecule has 0 spiro atoms. The number of hydrogen-bond donors (Lipinski definition) is 1. The zero-order chi connectivity index (χ0) is 14.8. The van der Waals surface area contributed by atoms with Crippen molar-refractivity contribution in [3.8, 4) is 11.1 Å². The van der Waals surface area contributed by atoms with E-state index < -0.39 is 0 Å². The molecule has 3 heteroatoms. The van der Waals surface area contributed by atoms with Crippen LogP contribution < -0.4 is 5.32 Å². The van der Waals surface area contributed by atoms with Crippen molar-refractivity contribution >= 4 is 22.4 Å². The number of benzene rings is 3. The maximum absolute atomic E-state index is 14.0. The van der Waals surface area contributed by atoms with Crippen LogP contribution in [0.3, 0.4) is 0 Å². The molecule has 0 heterocycles. The molecule has 0 aliphatic heterocycles. The molecule has 3 rings (SSSR count). The van der Waals surface area contributed by atoms with E-state index in [4.69, 9.17) is 11.6 Å². The molecule has 0 radical (unpaired) electrons. The second-order valence-corrected chi connectivity index (χ2v) is 5.41. The lowest BCUT2D eigenvalue weighted by atomic mass is 9.94. The van der Waals surface area contributed by atoms with Crippen LogP contribution in [0.15, 0.2) is 54.6 Å². The van der Waals surface area contributed by atoms with E-state index in [-0.39, 0.29) is 5.82 Å². The monoisotopic (exact) mass is 299 g/mol. The maximum Gasteiger partial charge on any atom is 0.131 e. The Bertz CT molecular complexity index is 798. The standard InChI is InChI=1S/C18H15ClFN/c1-21-11-12-10-13(19)6-7-14(12)16-8-9-18(20)17-5-3-2-4-15(16)17/h2-10,21H,11H2,1H3. The van der Waals surface area contributed by atoms with E-state index >= 15 is 0 Å². The molecule has 0 bridgehead atoms. The number of rotatable bonds is 3. The predicted molar refractivity (Wildman–Crippen MR) is 87.1 cm³/mol. The number of hydrogen-bond acceptors (Lipinski definition) is 1. The lowest BCUT2D eigenvalue weighted by molar-refractivity contribution is 0.640. The van der Waals surface area contributed by atoms with E-state index in [1.807, 2.05) is 55.6 Å². The van der Waals surface area contributed by atoms with Crippen molar-refractivity contribution in [2.45, 2.75) is 6.54 Å². The Morgan fingerprint density at radius 2 is 1.67 bits per heavy atom. The second kappa shape index (κ2) is 5.84. The van der Waals surface area contributed by atoms with Crippen LogP contribution in [-0.4, -0.2) is 7.05 Å². The Hall–Kier alpha value is -1.90. The smallest absolute Gasteiger partial charge is 0.131 e. The lowest BCUT2D eigenvalue weighted by Crippen LogP contribution is -2.06. The highest BCUT2D eigenvalue weighted by Gasteiger charge is 2.11. The minimum Gasteiger partial charge on any atom is -0.316 e. The van der Waals surface area contributed by atoms with E-state index in [1.54, 1.807) is 0 Å². The molecule has 3 aromatic rings. The highest BCUT2D eigenvalue weighted by molar-refractivity contribution is 6.30. The van der Waals surface area contributed by atoms with Gasteiger partial charge in [0.05, 0.1) is 0 Å². The zero-order valence-electron chi connectivity index (χ0n) is 11.7. The lowest BCUT2D eigenvalue weighted by Gasteiger charge is -2.13. The summed E-state index contributed by atoms with van der Waals surface area (Å²) < 4.78 is 14.0. The molecular weight excluding hydrogens is 285 g/mol. The van der Waals surface area contributed by atoms with Gasteiger partial charge in [0.25, 0.3) is 0 Å². The van der Waals surface area contributed by atoms with E-state index in [9.17, 15) is 4.39 Å². The van der Waals surface area contributed by atoms with Crippen molar-refractivity contribution in [3.63, 3.8) is 0 Å². The fourth-order valence-electron chi connectivity index (χ4n) is 2.66. The van der Waals surface area contributed by atoms with Gasteiger partial charge in [-0.05, 0) is 47.3 Å². The van der Waals surface area contributed by atoms with Crippen molar-refractivity contribution in [2.24, 2.45) is 0 Å². The summed E-state index contributed by atoms with van der Waals surface area (Å²) in [5.41, 5.74) is 3.20. The van der Waals surface area contributed by atoms with Crippen LogP contribution in [0.4, 0.5) is 4.39 Å². The third kappa shape index (κ3) is 2.65. The molecule has 0 saturated heterocycles. The van der Waals surface area contributed by atoms with Crippen LogP contribution in [0, 0.1) is 5.82 Å². The van der Waals surface area contributed by atoms with Gasteiger partial charge in [-0.15, -0.1) is 0 Å². The number of halogens is 2. The molecule has 21 heavy (non-hydrogen) atoms. The third-order valence-corrected chi connectivity index (χ3v) is 3.83. The van der Waals surface area contributed by atoms with Crippen LogP contribution in [0.2, 0.25) is 5.02 Å². The van der Waals surface area contributed by atoms with Gasteiger partial charge in [-0.25, -0.2) is 4.39 Å². The van der Waals surface area contributed by atoms with Gasteiger partial charge in [0.2, 0.25) is 0 Å². The Morgan fingerprint density at radius 1 is 0.952 bits per heavy atom. The average Bonchev–Trinajstić information content (AvgIpc) is 2.49. The van der Waals surface area contributed by atoms with Gasteiger partial charge >= 0.3 is 0 Å². The van der Waals surface area contributed by atoms with Gasteiger partial charge in [-0.1, -0.05) is 48.0 Å². The first-order valence-corrected chi connectivity index (χ1v) is 7.19. The molecule has 0 atom stereocenters. The molecular formula is C18H15ClFN. The molecule has 0 fully saturated rings. The van der Waals surface area contributed by atoms with E-state index in [0.29, 0.717) is 17.0 Å². The number of nitrogens with one attached hydrogen (secondary N) is 1. The summed E-state index contributed by atoms with van der Waals surface area (Å²) in [5, 5.41) is 5.41. The average molecular weight is 300 g/mol. The minimum atomic E-state index is -0.196. The van der Waals surface area contributed by atoms with Gasteiger partial charge in [-0.2, -0.15) is 0 Å². The van der Waals surface area contributed by atoms with Gasteiger partial charge in [-0.3, -0.25) is 0 Å². The topological polar surface area (TPSA) is 12.0 Å². The van der Waals surface area contributed by atoms with E-state index in [1.165, 1.54) is 6.07 Å². The van der Waals surface area contributed by atoms with Gasteiger partial charge in [0.1, 0.15) is 5.82 Å². The van der Waals surface area contributed by atoms with Crippen LogP contribution in [0.1, 0.15) is 5.56 Å². The van der Waals surface area contributed by atoms with Gasteiger partial charge in [0, 0.05) is 17.0 Å². The first kappa shape index (κ1) is 14.1. The van der Waals surface area contributed by atoms with Crippen molar-refractivity contribution in [1.82, 2.24) is 5.32 Å². The summed E-state index contributed by atoms with van der Waals surface area (Å²) in [6.07, 6.45) is 0. The Morgan fingerprint density at radius 3 is 2.43 bits per heavy atom. The largest absolute Gasteiger partial charge is 0.316 e. The minimum absolute atomic E-state index is 0.196.